The van der Waals surface area contributed by atoms with E-state index in [1.54, 1.807) is 0 Å². The molecule has 0 amide bonds. The van der Waals surface area contributed by atoms with Gasteiger partial charge < -0.3 is 9.13 Å². The first kappa shape index (κ1) is 42.8. The molecule has 0 unspecified atom stereocenters. The summed E-state index contributed by atoms with van der Waals surface area (Å²) in [5.41, 5.74) is 16.5. The summed E-state index contributed by atoms with van der Waals surface area (Å²) < 4.78 is 7.39. The lowest BCUT2D eigenvalue weighted by Crippen LogP contribution is -1.97. The molecule has 10 aromatic carbocycles. The van der Waals surface area contributed by atoms with Gasteiger partial charge in [-0.3, -0.25) is 0 Å². The molecular formula is C68H42N6S. The first-order valence-corrected chi connectivity index (χ1v) is 26.0. The Bertz CT molecular complexity index is 4250. The molecule has 0 N–H and O–H groups in total. The van der Waals surface area contributed by atoms with Crippen molar-refractivity contribution in [2.24, 2.45) is 0 Å². The van der Waals surface area contributed by atoms with Gasteiger partial charge in [0.2, 0.25) is 0 Å². The standard InChI is InChI=1S/C68H42N6S/c1-5-17-43(18-6-1)55-41-56(44-19-7-2-8-20-44)70-67(69-55)47-29-33-49(34-30-47)73-59-27-15-13-25-53(59)63-61(73)39-37-51-52-38-40-62-64(66(52)75-65(51)63)54-26-14-16-28-60(54)74(62)50-35-31-48(32-36-50)68-71-57(45-21-9-3-10-22-45)42-58(72-68)46-23-11-4-12-24-46/h1-42H. The Kier molecular flexibility index (Phi) is 9.96. The second-order valence-electron chi connectivity index (χ2n) is 19.0. The Balaban J connectivity index is 0.844. The highest BCUT2D eigenvalue weighted by Crippen LogP contribution is 2.48. The summed E-state index contributed by atoms with van der Waals surface area (Å²) in [4.78, 5) is 20.5. The summed E-state index contributed by atoms with van der Waals surface area (Å²) in [5, 5.41) is 7.52. The molecular weight excluding hydrogens is 933 g/mol. The molecule has 0 saturated carbocycles. The van der Waals surface area contributed by atoms with Crippen LogP contribution in [0.2, 0.25) is 0 Å². The van der Waals surface area contributed by atoms with Crippen molar-refractivity contribution < 1.29 is 0 Å². The molecule has 0 aliphatic rings. The molecule has 0 spiro atoms. The van der Waals surface area contributed by atoms with Gasteiger partial charge in [-0.25, -0.2) is 19.9 Å². The monoisotopic (exact) mass is 974 g/mol. The van der Waals surface area contributed by atoms with Crippen LogP contribution >= 0.6 is 11.3 Å². The van der Waals surface area contributed by atoms with Crippen LogP contribution in [0, 0.1) is 0 Å². The van der Waals surface area contributed by atoms with Crippen molar-refractivity contribution in [3.05, 3.63) is 255 Å². The van der Waals surface area contributed by atoms with E-state index in [9.17, 15) is 0 Å². The minimum Gasteiger partial charge on any atom is -0.309 e. The van der Waals surface area contributed by atoms with Gasteiger partial charge in [-0.15, -0.1) is 11.3 Å². The van der Waals surface area contributed by atoms with Gasteiger partial charge in [-0.2, -0.15) is 0 Å². The number of hydrogen-bond donors (Lipinski definition) is 0. The second kappa shape index (κ2) is 17.4. The van der Waals surface area contributed by atoms with Crippen molar-refractivity contribution in [3.63, 3.8) is 0 Å². The third-order valence-electron chi connectivity index (χ3n) is 14.6. The fraction of sp³-hybridized carbons (Fsp3) is 0. The predicted octanol–water partition coefficient (Wildman–Crippen LogP) is 17.8. The minimum absolute atomic E-state index is 0.692. The maximum atomic E-state index is 5.12. The van der Waals surface area contributed by atoms with Gasteiger partial charge in [0.25, 0.3) is 0 Å². The number of thiophene rings is 1. The molecule has 7 heteroatoms. The zero-order chi connectivity index (χ0) is 49.4. The lowest BCUT2D eigenvalue weighted by Gasteiger charge is -2.11. The van der Waals surface area contributed by atoms with E-state index in [-0.39, 0.29) is 0 Å². The number of fused-ring (bicyclic) bond motifs is 11. The highest BCUT2D eigenvalue weighted by atomic mass is 32.1. The van der Waals surface area contributed by atoms with Crippen LogP contribution in [0.25, 0.3) is 143 Å². The maximum absolute atomic E-state index is 5.12. The van der Waals surface area contributed by atoms with Gasteiger partial charge in [-0.05, 0) is 84.9 Å². The van der Waals surface area contributed by atoms with E-state index in [0.717, 1.165) is 78.6 Å². The van der Waals surface area contributed by atoms with Gasteiger partial charge >= 0.3 is 0 Å². The lowest BCUT2D eigenvalue weighted by atomic mass is 10.1. The molecule has 0 aliphatic carbocycles. The largest absolute Gasteiger partial charge is 0.309 e. The number of rotatable bonds is 8. The number of para-hydroxylation sites is 2. The lowest BCUT2D eigenvalue weighted by molar-refractivity contribution is 1.16. The molecule has 15 aromatic rings. The first-order chi connectivity index (χ1) is 37.2. The zero-order valence-corrected chi connectivity index (χ0v) is 41.2. The summed E-state index contributed by atoms with van der Waals surface area (Å²) >= 11 is 1.90. The van der Waals surface area contributed by atoms with Crippen molar-refractivity contribution in [3.8, 4) is 79.2 Å². The van der Waals surface area contributed by atoms with Crippen molar-refractivity contribution in [1.29, 1.82) is 0 Å². The molecule has 0 fully saturated rings. The summed E-state index contributed by atoms with van der Waals surface area (Å²) in [6, 6.07) is 89.9. The fourth-order valence-electron chi connectivity index (χ4n) is 11.1. The van der Waals surface area contributed by atoms with Crippen molar-refractivity contribution in [1.82, 2.24) is 29.1 Å². The molecule has 75 heavy (non-hydrogen) atoms. The third kappa shape index (κ3) is 7.16. The average molecular weight is 975 g/mol. The second-order valence-corrected chi connectivity index (χ2v) is 20.0. The summed E-state index contributed by atoms with van der Waals surface area (Å²) in [6.07, 6.45) is 0. The number of nitrogens with zero attached hydrogens (tertiary/aromatic N) is 6. The van der Waals surface area contributed by atoms with E-state index < -0.39 is 0 Å². The first-order valence-electron chi connectivity index (χ1n) is 25.2. The summed E-state index contributed by atoms with van der Waals surface area (Å²) in [5.74, 6) is 1.38. The van der Waals surface area contributed by atoms with E-state index in [1.807, 2.05) is 35.6 Å². The maximum Gasteiger partial charge on any atom is 0.160 e. The molecule has 5 aromatic heterocycles. The third-order valence-corrected chi connectivity index (χ3v) is 15.8. The van der Waals surface area contributed by atoms with E-state index in [1.165, 1.54) is 52.8 Å². The van der Waals surface area contributed by atoms with E-state index >= 15 is 0 Å². The Morgan fingerprint density at radius 1 is 0.253 bits per heavy atom. The SMILES string of the molecule is c1ccc(-c2cc(-c3ccccc3)nc(-c3ccc(-n4c5ccccc5c5c6sc7c(ccc8c7c7ccccc7n8-c7ccc(-c8nc(-c9ccccc9)cc(-c9ccccc9)n8)cc7)c6ccc54)cc3)n2)cc1. The highest BCUT2D eigenvalue weighted by molar-refractivity contribution is 7.27. The molecule has 5 heterocycles. The normalized spacial score (nSPS) is 11.7. The summed E-state index contributed by atoms with van der Waals surface area (Å²) in [7, 11) is 0. The van der Waals surface area contributed by atoms with E-state index in [4.69, 9.17) is 19.9 Å². The molecule has 15 rings (SSSR count). The summed E-state index contributed by atoms with van der Waals surface area (Å²) in [6.45, 7) is 0. The van der Waals surface area contributed by atoms with Crippen LogP contribution in [-0.4, -0.2) is 29.1 Å². The number of aromatic nitrogens is 6. The minimum atomic E-state index is 0.692. The van der Waals surface area contributed by atoms with Gasteiger partial charge in [0.15, 0.2) is 11.6 Å². The van der Waals surface area contributed by atoms with Crippen molar-refractivity contribution in [2.45, 2.75) is 0 Å². The van der Waals surface area contributed by atoms with Crippen LogP contribution in [0.1, 0.15) is 0 Å². The molecule has 0 radical (unpaired) electrons. The van der Waals surface area contributed by atoms with E-state index in [0.29, 0.717) is 11.6 Å². The highest BCUT2D eigenvalue weighted by Gasteiger charge is 2.22. The zero-order valence-electron chi connectivity index (χ0n) is 40.3. The van der Waals surface area contributed by atoms with Crippen molar-refractivity contribution >= 4 is 75.1 Å². The Labute approximate surface area is 435 Å². The van der Waals surface area contributed by atoms with Crippen LogP contribution < -0.4 is 0 Å². The number of benzene rings is 10. The Morgan fingerprint density at radius 3 is 0.920 bits per heavy atom. The fourth-order valence-corrected chi connectivity index (χ4v) is 12.5. The average Bonchev–Trinajstić information content (AvgIpc) is 4.17. The molecule has 0 bridgehead atoms. The van der Waals surface area contributed by atoms with Gasteiger partial charge in [-0.1, -0.05) is 170 Å². The van der Waals surface area contributed by atoms with Crippen LogP contribution in [0.3, 0.4) is 0 Å². The molecule has 0 saturated heterocycles. The molecule has 0 atom stereocenters. The molecule has 6 nitrogen and oxygen atoms in total. The van der Waals surface area contributed by atoms with Crippen LogP contribution in [0.5, 0.6) is 0 Å². The van der Waals surface area contributed by atoms with Gasteiger partial charge in [0.05, 0.1) is 44.8 Å². The number of hydrogen-bond acceptors (Lipinski definition) is 5. The van der Waals surface area contributed by atoms with E-state index in [2.05, 4.69) is 240 Å². The quantitative estimate of drug-likeness (QED) is 0.152. The van der Waals surface area contributed by atoms with Gasteiger partial charge in [0, 0.05) is 86.5 Å². The van der Waals surface area contributed by atoms with Crippen LogP contribution in [-0.2, 0) is 0 Å². The van der Waals surface area contributed by atoms with Crippen molar-refractivity contribution in [2.75, 3.05) is 0 Å². The smallest absolute Gasteiger partial charge is 0.160 e. The Morgan fingerprint density at radius 2 is 0.573 bits per heavy atom. The Hall–Kier alpha value is -9.82. The predicted molar refractivity (Wildman–Crippen MR) is 312 cm³/mol. The van der Waals surface area contributed by atoms with Crippen LogP contribution in [0.4, 0.5) is 0 Å². The molecule has 350 valence electrons. The molecule has 0 aliphatic heterocycles. The van der Waals surface area contributed by atoms with Crippen LogP contribution in [0.15, 0.2) is 255 Å². The van der Waals surface area contributed by atoms with Gasteiger partial charge in [0.1, 0.15) is 0 Å². The topological polar surface area (TPSA) is 61.4 Å².